The first-order chi connectivity index (χ1) is 12.7. The van der Waals surface area contributed by atoms with Crippen molar-refractivity contribution >= 4 is 17.2 Å². The van der Waals surface area contributed by atoms with Gasteiger partial charge < -0.3 is 9.64 Å². The van der Waals surface area contributed by atoms with Crippen molar-refractivity contribution in [3.05, 3.63) is 82.1 Å². The number of fused-ring (bicyclic) bond motifs is 1. The van der Waals surface area contributed by atoms with Gasteiger partial charge in [0.25, 0.3) is 11.1 Å². The monoisotopic (exact) mass is 368 g/mol. The van der Waals surface area contributed by atoms with Crippen LogP contribution in [-0.2, 0) is 19.6 Å². The molecule has 0 aliphatic carbocycles. The topological polar surface area (TPSA) is 42.4 Å². The van der Waals surface area contributed by atoms with Crippen LogP contribution in [0.4, 0.5) is 4.39 Å². The molecule has 1 aliphatic heterocycles. The molecule has 6 heteroatoms. The standard InChI is InChI=1S/C20H17FN2O2S/c21-16-9-5-4-8-15(16)12-23-11-10-17-18(19(23)24)26-20(22-17)25-13-14-6-2-1-3-7-14/h1-9H,10-13H2. The molecule has 0 N–H and O–H groups in total. The second-order valence-corrected chi connectivity index (χ2v) is 7.06. The van der Waals surface area contributed by atoms with Crippen LogP contribution >= 0.6 is 11.3 Å². The molecule has 1 aromatic heterocycles. The van der Waals surface area contributed by atoms with Gasteiger partial charge in [-0.1, -0.05) is 59.9 Å². The summed E-state index contributed by atoms with van der Waals surface area (Å²) in [6.45, 7) is 1.21. The highest BCUT2D eigenvalue weighted by molar-refractivity contribution is 7.15. The van der Waals surface area contributed by atoms with E-state index < -0.39 is 0 Å². The van der Waals surface area contributed by atoms with Crippen molar-refractivity contribution in [2.24, 2.45) is 0 Å². The molecular formula is C20H17FN2O2S. The molecule has 0 saturated carbocycles. The molecule has 0 spiro atoms. The molecule has 0 unspecified atom stereocenters. The van der Waals surface area contributed by atoms with Crippen molar-refractivity contribution in [1.82, 2.24) is 9.88 Å². The molecular weight excluding hydrogens is 351 g/mol. The smallest absolute Gasteiger partial charge is 0.274 e. The van der Waals surface area contributed by atoms with Crippen LogP contribution in [0.1, 0.15) is 26.5 Å². The van der Waals surface area contributed by atoms with Gasteiger partial charge in [-0.05, 0) is 11.6 Å². The summed E-state index contributed by atoms with van der Waals surface area (Å²) >= 11 is 1.26. The molecule has 0 fully saturated rings. The molecule has 0 bridgehead atoms. The molecule has 0 atom stereocenters. The predicted octanol–water partition coefficient (Wildman–Crippen LogP) is 4.06. The second kappa shape index (κ2) is 7.25. The van der Waals surface area contributed by atoms with Crippen LogP contribution in [0.15, 0.2) is 54.6 Å². The second-order valence-electron chi connectivity index (χ2n) is 6.10. The first-order valence-corrected chi connectivity index (χ1v) is 9.21. The van der Waals surface area contributed by atoms with Crippen molar-refractivity contribution in [3.63, 3.8) is 0 Å². The highest BCUT2D eigenvalue weighted by Gasteiger charge is 2.29. The lowest BCUT2D eigenvalue weighted by atomic mass is 10.1. The van der Waals surface area contributed by atoms with Gasteiger partial charge in [0.2, 0.25) is 0 Å². The largest absolute Gasteiger partial charge is 0.465 e. The number of ether oxygens (including phenoxy) is 1. The van der Waals surface area contributed by atoms with Crippen LogP contribution in [0.3, 0.4) is 0 Å². The van der Waals surface area contributed by atoms with E-state index in [2.05, 4.69) is 4.98 Å². The Morgan fingerprint density at radius 2 is 1.88 bits per heavy atom. The third kappa shape index (κ3) is 3.46. The van der Waals surface area contributed by atoms with Crippen LogP contribution in [-0.4, -0.2) is 22.3 Å². The average molecular weight is 368 g/mol. The van der Waals surface area contributed by atoms with Gasteiger partial charge in [0.05, 0.1) is 5.69 Å². The zero-order chi connectivity index (χ0) is 17.9. The molecule has 0 saturated heterocycles. The lowest BCUT2D eigenvalue weighted by Crippen LogP contribution is -2.36. The molecule has 3 aromatic rings. The van der Waals surface area contributed by atoms with Gasteiger partial charge in [0, 0.05) is 25.1 Å². The zero-order valence-corrected chi connectivity index (χ0v) is 14.8. The van der Waals surface area contributed by atoms with Crippen molar-refractivity contribution in [2.45, 2.75) is 19.6 Å². The number of halogens is 1. The van der Waals surface area contributed by atoms with Crippen molar-refractivity contribution in [3.8, 4) is 5.19 Å². The van der Waals surface area contributed by atoms with E-state index in [9.17, 15) is 9.18 Å². The summed E-state index contributed by atoms with van der Waals surface area (Å²) in [5.74, 6) is -0.399. The number of nitrogens with zero attached hydrogens (tertiary/aromatic N) is 2. The molecule has 4 nitrogen and oxygen atoms in total. The Morgan fingerprint density at radius 1 is 1.12 bits per heavy atom. The molecule has 2 aromatic carbocycles. The summed E-state index contributed by atoms with van der Waals surface area (Å²) < 4.78 is 19.6. The van der Waals surface area contributed by atoms with E-state index in [1.165, 1.54) is 17.4 Å². The van der Waals surface area contributed by atoms with E-state index in [0.29, 0.717) is 35.2 Å². The fourth-order valence-electron chi connectivity index (χ4n) is 2.92. The van der Waals surface area contributed by atoms with Crippen LogP contribution in [0.25, 0.3) is 0 Å². The Bertz CT molecular complexity index is 927. The number of hydrogen-bond acceptors (Lipinski definition) is 4. The average Bonchev–Trinajstić information content (AvgIpc) is 3.09. The van der Waals surface area contributed by atoms with E-state index >= 15 is 0 Å². The minimum absolute atomic E-state index is 0.110. The van der Waals surface area contributed by atoms with Gasteiger partial charge in [-0.3, -0.25) is 4.79 Å². The first-order valence-electron chi connectivity index (χ1n) is 8.40. The molecule has 1 aliphatic rings. The maximum Gasteiger partial charge on any atom is 0.274 e. The summed E-state index contributed by atoms with van der Waals surface area (Å²) in [5.41, 5.74) is 2.34. The Labute approximate surface area is 154 Å². The molecule has 26 heavy (non-hydrogen) atoms. The lowest BCUT2D eigenvalue weighted by molar-refractivity contribution is 0.0730. The summed E-state index contributed by atoms with van der Waals surface area (Å²) in [5, 5.41) is 0.500. The SMILES string of the molecule is O=C1c2sc(OCc3ccccc3)nc2CCN1Cc1ccccc1F. The van der Waals surface area contributed by atoms with Gasteiger partial charge in [0.1, 0.15) is 17.3 Å². The van der Waals surface area contributed by atoms with Gasteiger partial charge >= 0.3 is 0 Å². The zero-order valence-electron chi connectivity index (χ0n) is 14.0. The lowest BCUT2D eigenvalue weighted by Gasteiger charge is -2.26. The number of benzene rings is 2. The third-order valence-corrected chi connectivity index (χ3v) is 5.30. The van der Waals surface area contributed by atoms with E-state index in [-0.39, 0.29) is 18.3 Å². The maximum atomic E-state index is 13.9. The normalized spacial score (nSPS) is 13.6. The van der Waals surface area contributed by atoms with Crippen molar-refractivity contribution in [1.29, 1.82) is 0 Å². The number of amides is 1. The molecule has 1 amide bonds. The van der Waals surface area contributed by atoms with Crippen LogP contribution in [0.5, 0.6) is 5.19 Å². The van der Waals surface area contributed by atoms with E-state index in [1.54, 1.807) is 23.1 Å². The Kier molecular flexibility index (Phi) is 4.67. The van der Waals surface area contributed by atoms with E-state index in [0.717, 1.165) is 11.3 Å². The van der Waals surface area contributed by atoms with Crippen LogP contribution in [0.2, 0.25) is 0 Å². The molecule has 132 valence electrons. The van der Waals surface area contributed by atoms with E-state index in [1.807, 2.05) is 30.3 Å². The Hall–Kier alpha value is -2.73. The molecule has 4 rings (SSSR count). The first kappa shape index (κ1) is 16.7. The fraction of sp³-hybridized carbons (Fsp3) is 0.200. The maximum absolute atomic E-state index is 13.9. The number of thiazole rings is 1. The number of carbonyl (C=O) groups excluding carboxylic acids is 1. The Balaban J connectivity index is 1.46. The fourth-order valence-corrected chi connectivity index (χ4v) is 3.85. The number of carbonyl (C=O) groups is 1. The molecule has 0 radical (unpaired) electrons. The highest BCUT2D eigenvalue weighted by Crippen LogP contribution is 2.31. The summed E-state index contributed by atoms with van der Waals surface area (Å²) in [7, 11) is 0. The quantitative estimate of drug-likeness (QED) is 0.682. The highest BCUT2D eigenvalue weighted by atomic mass is 32.1. The van der Waals surface area contributed by atoms with Gasteiger partial charge in [-0.25, -0.2) is 9.37 Å². The van der Waals surface area contributed by atoms with Gasteiger partial charge in [-0.15, -0.1) is 0 Å². The van der Waals surface area contributed by atoms with E-state index in [4.69, 9.17) is 4.74 Å². The predicted molar refractivity (Wildman–Crippen MR) is 97.7 cm³/mol. The van der Waals surface area contributed by atoms with Crippen molar-refractivity contribution < 1.29 is 13.9 Å². The van der Waals surface area contributed by atoms with Crippen LogP contribution < -0.4 is 4.74 Å². The Morgan fingerprint density at radius 3 is 2.69 bits per heavy atom. The van der Waals surface area contributed by atoms with Crippen molar-refractivity contribution in [2.75, 3.05) is 6.54 Å². The van der Waals surface area contributed by atoms with Crippen LogP contribution in [0, 0.1) is 5.82 Å². The third-order valence-electron chi connectivity index (χ3n) is 4.30. The minimum Gasteiger partial charge on any atom is -0.465 e. The number of aromatic nitrogens is 1. The molecule has 2 heterocycles. The summed E-state index contributed by atoms with van der Waals surface area (Å²) in [4.78, 5) is 19.4. The summed E-state index contributed by atoms with van der Waals surface area (Å²) in [6, 6.07) is 16.4. The summed E-state index contributed by atoms with van der Waals surface area (Å²) in [6.07, 6.45) is 0.653. The van der Waals surface area contributed by atoms with Gasteiger partial charge in [-0.2, -0.15) is 0 Å². The van der Waals surface area contributed by atoms with Gasteiger partial charge in [0.15, 0.2) is 0 Å². The minimum atomic E-state index is -0.290. The number of hydrogen-bond donors (Lipinski definition) is 0. The number of rotatable bonds is 5.